The van der Waals surface area contributed by atoms with Crippen LogP contribution in [0.5, 0.6) is 11.5 Å². The minimum Gasteiger partial charge on any atom is -0.493 e. The molecule has 0 saturated carbocycles. The van der Waals surface area contributed by atoms with Gasteiger partial charge in [0.2, 0.25) is 5.91 Å². The molecule has 0 saturated heterocycles. The standard InChI is InChI=1S/C20H24N2O4S/c1-13-8-6-7-9-18(13)27-12-19(23)21-15-11-17(26-5)16(25-4)10-14(15)20(24)22(2)3/h6-11H,12H2,1-5H3,(H,21,23). The molecule has 1 N–H and O–H groups in total. The molecule has 2 aromatic carbocycles. The van der Waals surface area contributed by atoms with Gasteiger partial charge in [0.05, 0.1) is 31.2 Å². The number of nitrogens with zero attached hydrogens (tertiary/aromatic N) is 1. The molecule has 0 unspecified atom stereocenters. The molecular formula is C20H24N2O4S. The van der Waals surface area contributed by atoms with E-state index in [1.54, 1.807) is 26.2 Å². The van der Waals surface area contributed by atoms with E-state index >= 15 is 0 Å². The summed E-state index contributed by atoms with van der Waals surface area (Å²) in [6.07, 6.45) is 0. The third-order valence-electron chi connectivity index (χ3n) is 3.89. The van der Waals surface area contributed by atoms with Gasteiger partial charge in [-0.05, 0) is 24.6 Å². The predicted molar refractivity (Wildman–Crippen MR) is 108 cm³/mol. The van der Waals surface area contributed by atoms with Gasteiger partial charge in [-0.2, -0.15) is 0 Å². The van der Waals surface area contributed by atoms with Crippen molar-refractivity contribution < 1.29 is 19.1 Å². The van der Waals surface area contributed by atoms with Crippen LogP contribution >= 0.6 is 11.8 Å². The van der Waals surface area contributed by atoms with Crippen molar-refractivity contribution >= 4 is 29.3 Å². The van der Waals surface area contributed by atoms with Crippen molar-refractivity contribution in [3.8, 4) is 11.5 Å². The smallest absolute Gasteiger partial charge is 0.255 e. The fourth-order valence-corrected chi connectivity index (χ4v) is 3.28. The number of nitrogens with one attached hydrogen (secondary N) is 1. The summed E-state index contributed by atoms with van der Waals surface area (Å²) in [5.74, 6) is 0.653. The van der Waals surface area contributed by atoms with Gasteiger partial charge in [-0.1, -0.05) is 18.2 Å². The lowest BCUT2D eigenvalue weighted by molar-refractivity contribution is -0.113. The van der Waals surface area contributed by atoms with E-state index in [-0.39, 0.29) is 17.6 Å². The van der Waals surface area contributed by atoms with Gasteiger partial charge < -0.3 is 19.7 Å². The maximum absolute atomic E-state index is 12.5. The van der Waals surface area contributed by atoms with Gasteiger partial charge in [0.25, 0.3) is 5.91 Å². The lowest BCUT2D eigenvalue weighted by Crippen LogP contribution is -2.24. The third kappa shape index (κ3) is 5.17. The van der Waals surface area contributed by atoms with Crippen LogP contribution in [0.15, 0.2) is 41.3 Å². The van der Waals surface area contributed by atoms with Crippen LogP contribution in [0.3, 0.4) is 0 Å². The molecule has 6 nitrogen and oxygen atoms in total. The largest absolute Gasteiger partial charge is 0.493 e. The number of thioether (sulfide) groups is 1. The predicted octanol–water partition coefficient (Wildman–Crippen LogP) is 3.44. The molecular weight excluding hydrogens is 364 g/mol. The van der Waals surface area contributed by atoms with Crippen molar-refractivity contribution in [1.82, 2.24) is 4.90 Å². The number of ether oxygens (including phenoxy) is 2. The molecule has 0 aliphatic carbocycles. The van der Waals surface area contributed by atoms with E-state index in [1.807, 2.05) is 31.2 Å². The summed E-state index contributed by atoms with van der Waals surface area (Å²) in [5.41, 5.74) is 1.85. The van der Waals surface area contributed by atoms with Gasteiger partial charge in [-0.25, -0.2) is 0 Å². The van der Waals surface area contributed by atoms with Gasteiger partial charge >= 0.3 is 0 Å². The van der Waals surface area contributed by atoms with Crippen LogP contribution in [0.1, 0.15) is 15.9 Å². The van der Waals surface area contributed by atoms with Gasteiger partial charge in [-0.3, -0.25) is 9.59 Å². The highest BCUT2D eigenvalue weighted by molar-refractivity contribution is 8.00. The molecule has 2 rings (SSSR count). The molecule has 0 fully saturated rings. The van der Waals surface area contributed by atoms with E-state index in [4.69, 9.17) is 9.47 Å². The normalized spacial score (nSPS) is 10.3. The summed E-state index contributed by atoms with van der Waals surface area (Å²) < 4.78 is 10.6. The number of benzene rings is 2. The van der Waals surface area contributed by atoms with E-state index in [9.17, 15) is 9.59 Å². The average Bonchev–Trinajstić information content (AvgIpc) is 2.66. The number of rotatable bonds is 7. The first-order valence-electron chi connectivity index (χ1n) is 8.33. The Bertz CT molecular complexity index is 837. The summed E-state index contributed by atoms with van der Waals surface area (Å²) in [6, 6.07) is 11.1. The molecule has 7 heteroatoms. The molecule has 144 valence electrons. The van der Waals surface area contributed by atoms with Crippen molar-refractivity contribution in [2.24, 2.45) is 0 Å². The van der Waals surface area contributed by atoms with E-state index in [1.165, 1.54) is 30.9 Å². The maximum Gasteiger partial charge on any atom is 0.255 e. The van der Waals surface area contributed by atoms with Gasteiger partial charge in [0.15, 0.2) is 11.5 Å². The minimum atomic E-state index is -0.238. The number of hydrogen-bond donors (Lipinski definition) is 1. The third-order valence-corrected chi connectivity index (χ3v) is 5.06. The van der Waals surface area contributed by atoms with Crippen LogP contribution in [0.2, 0.25) is 0 Å². The number of carbonyl (C=O) groups is 2. The van der Waals surface area contributed by atoms with E-state index in [0.717, 1.165) is 10.5 Å². The summed E-state index contributed by atoms with van der Waals surface area (Å²) in [5, 5.41) is 2.82. The zero-order valence-corrected chi connectivity index (χ0v) is 17.0. The van der Waals surface area contributed by atoms with Gasteiger partial charge in [-0.15, -0.1) is 11.8 Å². The van der Waals surface area contributed by atoms with E-state index in [2.05, 4.69) is 5.32 Å². The number of aryl methyl sites for hydroxylation is 1. The molecule has 0 heterocycles. The average molecular weight is 388 g/mol. The van der Waals surface area contributed by atoms with Crippen LogP contribution in [0.25, 0.3) is 0 Å². The Morgan fingerprint density at radius 3 is 2.30 bits per heavy atom. The highest BCUT2D eigenvalue weighted by Gasteiger charge is 2.20. The Morgan fingerprint density at radius 1 is 1.07 bits per heavy atom. The minimum absolute atomic E-state index is 0.205. The highest BCUT2D eigenvalue weighted by Crippen LogP contribution is 2.34. The van der Waals surface area contributed by atoms with Crippen LogP contribution in [-0.2, 0) is 4.79 Å². The highest BCUT2D eigenvalue weighted by atomic mass is 32.2. The number of carbonyl (C=O) groups excluding carboxylic acids is 2. The molecule has 0 aliphatic rings. The Kier molecular flexibility index (Phi) is 7.12. The quantitative estimate of drug-likeness (QED) is 0.736. The number of methoxy groups -OCH3 is 2. The fourth-order valence-electron chi connectivity index (χ4n) is 2.45. The Balaban J connectivity index is 2.23. The first kappa shape index (κ1) is 20.6. The molecule has 0 spiro atoms. The molecule has 0 aromatic heterocycles. The Morgan fingerprint density at radius 2 is 1.70 bits per heavy atom. The molecule has 0 radical (unpaired) electrons. The zero-order valence-electron chi connectivity index (χ0n) is 16.2. The van der Waals surface area contributed by atoms with Crippen molar-refractivity contribution in [1.29, 1.82) is 0 Å². The summed E-state index contributed by atoms with van der Waals surface area (Å²) >= 11 is 1.45. The first-order chi connectivity index (χ1) is 12.9. The van der Waals surface area contributed by atoms with Crippen LogP contribution < -0.4 is 14.8 Å². The zero-order chi connectivity index (χ0) is 20.0. The second-order valence-corrected chi connectivity index (χ2v) is 7.07. The van der Waals surface area contributed by atoms with Crippen molar-refractivity contribution in [2.75, 3.05) is 39.4 Å². The van der Waals surface area contributed by atoms with E-state index in [0.29, 0.717) is 22.7 Å². The van der Waals surface area contributed by atoms with Crippen LogP contribution in [0, 0.1) is 6.92 Å². The summed E-state index contributed by atoms with van der Waals surface area (Å²) in [6.45, 7) is 2.00. The molecule has 2 aromatic rings. The summed E-state index contributed by atoms with van der Waals surface area (Å²) in [7, 11) is 6.31. The fraction of sp³-hybridized carbons (Fsp3) is 0.300. The molecule has 0 aliphatic heterocycles. The number of anilines is 1. The lowest BCUT2D eigenvalue weighted by Gasteiger charge is -2.18. The number of amides is 2. The first-order valence-corrected chi connectivity index (χ1v) is 9.32. The van der Waals surface area contributed by atoms with Crippen LogP contribution in [-0.4, -0.2) is 50.8 Å². The van der Waals surface area contributed by atoms with Gasteiger partial charge in [0.1, 0.15) is 0 Å². The lowest BCUT2D eigenvalue weighted by atomic mass is 10.1. The second kappa shape index (κ2) is 9.32. The van der Waals surface area contributed by atoms with Crippen molar-refractivity contribution in [2.45, 2.75) is 11.8 Å². The second-order valence-electron chi connectivity index (χ2n) is 6.05. The Labute approximate surface area is 163 Å². The molecule has 2 amide bonds. The SMILES string of the molecule is COc1cc(NC(=O)CSc2ccccc2C)c(C(=O)N(C)C)cc1OC. The number of hydrogen-bond acceptors (Lipinski definition) is 5. The van der Waals surface area contributed by atoms with Crippen molar-refractivity contribution in [3.05, 3.63) is 47.5 Å². The molecule has 0 atom stereocenters. The van der Waals surface area contributed by atoms with Crippen molar-refractivity contribution in [3.63, 3.8) is 0 Å². The molecule has 0 bridgehead atoms. The van der Waals surface area contributed by atoms with Crippen LogP contribution in [0.4, 0.5) is 5.69 Å². The molecule has 27 heavy (non-hydrogen) atoms. The monoisotopic (exact) mass is 388 g/mol. The van der Waals surface area contributed by atoms with Gasteiger partial charge in [0, 0.05) is 25.1 Å². The Hall–Kier alpha value is -2.67. The topological polar surface area (TPSA) is 67.9 Å². The van der Waals surface area contributed by atoms with E-state index < -0.39 is 0 Å². The summed E-state index contributed by atoms with van der Waals surface area (Å²) in [4.78, 5) is 27.5. The maximum atomic E-state index is 12.5.